The van der Waals surface area contributed by atoms with E-state index < -0.39 is 0 Å². The van der Waals surface area contributed by atoms with Crippen LogP contribution in [0.15, 0.2) is 4.99 Å². The summed E-state index contributed by atoms with van der Waals surface area (Å²) in [7, 11) is 0. The summed E-state index contributed by atoms with van der Waals surface area (Å²) in [6.07, 6.45) is 14.3. The van der Waals surface area contributed by atoms with Crippen molar-refractivity contribution < 1.29 is 4.74 Å². The lowest BCUT2D eigenvalue weighted by Gasteiger charge is -2.22. The Labute approximate surface area is 130 Å². The molecule has 0 aliphatic carbocycles. The Bertz CT molecular complexity index is 263. The van der Waals surface area contributed by atoms with Crippen molar-refractivity contribution in [2.45, 2.75) is 83.7 Å². The van der Waals surface area contributed by atoms with Crippen molar-refractivity contribution in [2.24, 2.45) is 10.7 Å². The van der Waals surface area contributed by atoms with Crippen molar-refractivity contribution >= 4 is 5.96 Å². The molecule has 0 aromatic rings. The molecule has 1 saturated heterocycles. The smallest absolute Gasteiger partial charge is 0.188 e. The van der Waals surface area contributed by atoms with E-state index in [0.717, 1.165) is 32.5 Å². The molecule has 1 atom stereocenters. The zero-order valence-electron chi connectivity index (χ0n) is 13.9. The highest BCUT2D eigenvalue weighted by Crippen LogP contribution is 2.16. The van der Waals surface area contributed by atoms with Crippen molar-refractivity contribution in [1.82, 2.24) is 5.32 Å². The number of aliphatic imine (C=N–C) groups is 1. The second-order valence-electron chi connectivity index (χ2n) is 6.09. The Hall–Kier alpha value is -0.770. The second-order valence-corrected chi connectivity index (χ2v) is 6.09. The maximum absolute atomic E-state index is 5.86. The van der Waals surface area contributed by atoms with Crippen molar-refractivity contribution in [3.05, 3.63) is 0 Å². The largest absolute Gasteiger partial charge is 0.378 e. The van der Waals surface area contributed by atoms with Crippen molar-refractivity contribution in [3.8, 4) is 0 Å². The van der Waals surface area contributed by atoms with Crippen LogP contribution < -0.4 is 11.1 Å². The number of rotatable bonds is 11. The summed E-state index contributed by atoms with van der Waals surface area (Å²) < 4.78 is 5.71. The van der Waals surface area contributed by atoms with Crippen LogP contribution in [0.5, 0.6) is 0 Å². The van der Waals surface area contributed by atoms with Gasteiger partial charge in [-0.2, -0.15) is 0 Å². The third-order valence-corrected chi connectivity index (χ3v) is 4.08. The molecular weight excluding hydrogens is 262 g/mol. The molecule has 21 heavy (non-hydrogen) atoms. The summed E-state index contributed by atoms with van der Waals surface area (Å²) in [5, 5.41) is 3.21. The van der Waals surface area contributed by atoms with Gasteiger partial charge in [-0.25, -0.2) is 0 Å². The molecule has 1 aliphatic heterocycles. The zero-order valence-corrected chi connectivity index (χ0v) is 13.9. The van der Waals surface area contributed by atoms with Gasteiger partial charge in [0.05, 0.1) is 6.10 Å². The molecular formula is C17H35N3O. The summed E-state index contributed by atoms with van der Waals surface area (Å²) >= 11 is 0. The maximum Gasteiger partial charge on any atom is 0.188 e. The summed E-state index contributed by atoms with van der Waals surface area (Å²) in [5.74, 6) is 0.605. The molecule has 0 saturated carbocycles. The minimum Gasteiger partial charge on any atom is -0.378 e. The van der Waals surface area contributed by atoms with Gasteiger partial charge < -0.3 is 15.8 Å². The number of unbranched alkanes of at least 4 members (excludes halogenated alkanes) is 5. The van der Waals surface area contributed by atoms with Crippen molar-refractivity contribution in [2.75, 3.05) is 19.7 Å². The minimum absolute atomic E-state index is 0.464. The SMILES string of the molecule is CCCCCCCCNC(N)=NCCCC1CCCCO1. The average molecular weight is 297 g/mol. The highest BCUT2D eigenvalue weighted by atomic mass is 16.5. The van der Waals surface area contributed by atoms with Crippen LogP contribution in [0, 0.1) is 0 Å². The quantitative estimate of drug-likeness (QED) is 0.348. The normalized spacial score (nSPS) is 19.7. The third-order valence-electron chi connectivity index (χ3n) is 4.08. The molecule has 4 nitrogen and oxygen atoms in total. The van der Waals surface area contributed by atoms with Gasteiger partial charge >= 0.3 is 0 Å². The summed E-state index contributed by atoms with van der Waals surface area (Å²) in [5.41, 5.74) is 5.86. The number of hydrogen-bond acceptors (Lipinski definition) is 2. The Kier molecular flexibility index (Phi) is 11.3. The van der Waals surface area contributed by atoms with Gasteiger partial charge in [-0.15, -0.1) is 0 Å². The predicted octanol–water partition coefficient (Wildman–Crippen LogP) is 3.60. The fourth-order valence-corrected chi connectivity index (χ4v) is 2.73. The molecule has 1 rings (SSSR count). The van der Waals surface area contributed by atoms with E-state index in [9.17, 15) is 0 Å². The molecule has 0 aromatic heterocycles. The van der Waals surface area contributed by atoms with E-state index in [-0.39, 0.29) is 0 Å². The van der Waals surface area contributed by atoms with Crippen LogP contribution in [-0.2, 0) is 4.74 Å². The van der Waals surface area contributed by atoms with E-state index in [1.807, 2.05) is 0 Å². The molecule has 1 unspecified atom stereocenters. The fraction of sp³-hybridized carbons (Fsp3) is 0.941. The monoisotopic (exact) mass is 297 g/mol. The second kappa shape index (κ2) is 12.9. The number of ether oxygens (including phenoxy) is 1. The predicted molar refractivity (Wildman–Crippen MR) is 90.7 cm³/mol. The first-order valence-corrected chi connectivity index (χ1v) is 8.98. The van der Waals surface area contributed by atoms with E-state index in [1.165, 1.54) is 57.8 Å². The highest BCUT2D eigenvalue weighted by molar-refractivity contribution is 5.77. The van der Waals surface area contributed by atoms with E-state index in [1.54, 1.807) is 0 Å². The van der Waals surface area contributed by atoms with E-state index in [4.69, 9.17) is 10.5 Å². The highest BCUT2D eigenvalue weighted by Gasteiger charge is 2.12. The van der Waals surface area contributed by atoms with Crippen LogP contribution >= 0.6 is 0 Å². The Morgan fingerprint density at radius 1 is 1.14 bits per heavy atom. The van der Waals surface area contributed by atoms with Gasteiger partial charge in [-0.1, -0.05) is 39.0 Å². The Balaban J connectivity index is 1.90. The summed E-state index contributed by atoms with van der Waals surface area (Å²) in [6.45, 7) is 4.96. The first-order valence-electron chi connectivity index (χ1n) is 8.98. The van der Waals surface area contributed by atoms with Gasteiger partial charge in [0.15, 0.2) is 5.96 Å². The van der Waals surface area contributed by atoms with Gasteiger partial charge in [-0.05, 0) is 38.5 Å². The number of guanidine groups is 1. The molecule has 0 aromatic carbocycles. The van der Waals surface area contributed by atoms with Crippen molar-refractivity contribution in [3.63, 3.8) is 0 Å². The van der Waals surface area contributed by atoms with Crippen LogP contribution in [0.2, 0.25) is 0 Å². The van der Waals surface area contributed by atoms with Gasteiger partial charge in [0, 0.05) is 19.7 Å². The van der Waals surface area contributed by atoms with Crippen molar-refractivity contribution in [1.29, 1.82) is 0 Å². The minimum atomic E-state index is 0.464. The molecule has 0 radical (unpaired) electrons. The topological polar surface area (TPSA) is 59.6 Å². The summed E-state index contributed by atoms with van der Waals surface area (Å²) in [6, 6.07) is 0. The lowest BCUT2D eigenvalue weighted by Crippen LogP contribution is -2.32. The van der Waals surface area contributed by atoms with Gasteiger partial charge in [0.25, 0.3) is 0 Å². The summed E-state index contributed by atoms with van der Waals surface area (Å²) in [4.78, 5) is 4.38. The van der Waals surface area contributed by atoms with Gasteiger partial charge in [0.1, 0.15) is 0 Å². The first-order chi connectivity index (χ1) is 10.3. The lowest BCUT2D eigenvalue weighted by atomic mass is 10.1. The first kappa shape index (κ1) is 18.3. The number of nitrogens with one attached hydrogen (secondary N) is 1. The van der Waals surface area contributed by atoms with E-state index in [2.05, 4.69) is 17.2 Å². The molecule has 1 heterocycles. The average Bonchev–Trinajstić information content (AvgIpc) is 2.52. The van der Waals surface area contributed by atoms with E-state index in [0.29, 0.717) is 12.1 Å². The molecule has 4 heteroatoms. The third kappa shape index (κ3) is 10.6. The number of nitrogens with two attached hydrogens (primary N) is 1. The lowest BCUT2D eigenvalue weighted by molar-refractivity contribution is 0.0105. The molecule has 1 aliphatic rings. The molecule has 0 bridgehead atoms. The van der Waals surface area contributed by atoms with Gasteiger partial charge in [0.2, 0.25) is 0 Å². The molecule has 124 valence electrons. The Morgan fingerprint density at radius 3 is 2.71 bits per heavy atom. The molecule has 1 fully saturated rings. The van der Waals surface area contributed by atoms with Crippen LogP contribution in [-0.4, -0.2) is 31.8 Å². The van der Waals surface area contributed by atoms with Crippen LogP contribution in [0.4, 0.5) is 0 Å². The zero-order chi connectivity index (χ0) is 15.2. The number of hydrogen-bond donors (Lipinski definition) is 2. The maximum atomic E-state index is 5.86. The van der Waals surface area contributed by atoms with E-state index >= 15 is 0 Å². The van der Waals surface area contributed by atoms with Crippen LogP contribution in [0.1, 0.15) is 77.6 Å². The fourth-order valence-electron chi connectivity index (χ4n) is 2.73. The number of nitrogens with zero attached hydrogens (tertiary/aromatic N) is 1. The molecule has 0 spiro atoms. The Morgan fingerprint density at radius 2 is 1.95 bits per heavy atom. The molecule has 3 N–H and O–H groups in total. The standard InChI is InChI=1S/C17H35N3O/c1-2-3-4-5-6-8-13-19-17(18)20-14-10-12-16-11-7-9-15-21-16/h16H,2-15H2,1H3,(H3,18,19,20). The molecule has 0 amide bonds. The van der Waals surface area contributed by atoms with Crippen LogP contribution in [0.3, 0.4) is 0 Å². The van der Waals surface area contributed by atoms with Crippen LogP contribution in [0.25, 0.3) is 0 Å². The van der Waals surface area contributed by atoms with Gasteiger partial charge in [-0.3, -0.25) is 4.99 Å².